The molecule has 0 saturated carbocycles. The summed E-state index contributed by atoms with van der Waals surface area (Å²) in [6, 6.07) is 0. The number of amides is 1. The monoisotopic (exact) mass is 323 g/mol. The maximum absolute atomic E-state index is 12.6. The van der Waals surface area contributed by atoms with Crippen molar-refractivity contribution >= 4 is 23.2 Å². The van der Waals surface area contributed by atoms with Crippen LogP contribution in [0, 0.1) is 5.92 Å². The summed E-state index contributed by atoms with van der Waals surface area (Å²) in [7, 11) is 0. The Bertz CT molecular complexity index is 589. The van der Waals surface area contributed by atoms with Crippen molar-refractivity contribution in [1.82, 2.24) is 5.32 Å². The van der Waals surface area contributed by atoms with Gasteiger partial charge in [0.15, 0.2) is 0 Å². The van der Waals surface area contributed by atoms with Gasteiger partial charge in [-0.2, -0.15) is 0 Å². The van der Waals surface area contributed by atoms with Crippen molar-refractivity contribution in [3.63, 3.8) is 0 Å². The van der Waals surface area contributed by atoms with Crippen LogP contribution in [0.5, 0.6) is 0 Å². The van der Waals surface area contributed by atoms with Crippen LogP contribution in [0.25, 0.3) is 0 Å². The van der Waals surface area contributed by atoms with Crippen molar-refractivity contribution in [2.75, 3.05) is 13.2 Å². The summed E-state index contributed by atoms with van der Waals surface area (Å²) in [6.07, 6.45) is 3.65. The fraction of sp³-hybridized carbons (Fsp3) is 0.625. The lowest BCUT2D eigenvalue weighted by Gasteiger charge is -2.34. The summed E-state index contributed by atoms with van der Waals surface area (Å²) in [5.74, 6) is -0.568. The Morgan fingerprint density at radius 1 is 1.41 bits per heavy atom. The molecule has 0 spiro atoms. The standard InChI is InChI=1S/C16H21NO4S/c1-10-2-3-11-12(9-22-13(11)8-10)14(18)17-16(15(19)20)4-6-21-7-5-16/h9-10H,2-8H2,1H3,(H,17,18)(H,19,20). The fourth-order valence-electron chi connectivity index (χ4n) is 3.26. The van der Waals surface area contributed by atoms with E-state index in [9.17, 15) is 14.7 Å². The molecule has 1 fully saturated rings. The number of carboxylic acid groups (broad SMARTS) is 1. The summed E-state index contributed by atoms with van der Waals surface area (Å²) in [5.41, 5.74) is 0.596. The van der Waals surface area contributed by atoms with Crippen molar-refractivity contribution in [2.24, 2.45) is 5.92 Å². The third-order valence-corrected chi connectivity index (χ3v) is 5.81. The molecule has 22 heavy (non-hydrogen) atoms. The summed E-state index contributed by atoms with van der Waals surface area (Å²) in [6.45, 7) is 2.96. The van der Waals surface area contributed by atoms with Crippen LogP contribution in [0.2, 0.25) is 0 Å². The Kier molecular flexibility index (Phi) is 4.23. The zero-order chi connectivity index (χ0) is 15.7. The lowest BCUT2D eigenvalue weighted by molar-refractivity contribution is -0.148. The molecule has 1 atom stereocenters. The molecule has 1 aromatic rings. The molecule has 2 aliphatic rings. The highest BCUT2D eigenvalue weighted by Crippen LogP contribution is 2.33. The highest BCUT2D eigenvalue weighted by molar-refractivity contribution is 7.10. The van der Waals surface area contributed by atoms with Crippen LogP contribution in [-0.2, 0) is 22.4 Å². The predicted molar refractivity (Wildman–Crippen MR) is 83.4 cm³/mol. The Hall–Kier alpha value is -1.40. The number of thiophene rings is 1. The third kappa shape index (κ3) is 2.77. The lowest BCUT2D eigenvalue weighted by Crippen LogP contribution is -2.57. The van der Waals surface area contributed by atoms with Crippen LogP contribution in [0.4, 0.5) is 0 Å². The van der Waals surface area contributed by atoms with Crippen LogP contribution in [0.15, 0.2) is 5.38 Å². The molecule has 120 valence electrons. The molecule has 0 radical (unpaired) electrons. The molecule has 1 unspecified atom stereocenters. The maximum atomic E-state index is 12.6. The second-order valence-corrected chi connectivity index (χ2v) is 7.32. The van der Waals surface area contributed by atoms with E-state index in [1.165, 1.54) is 4.88 Å². The van der Waals surface area contributed by atoms with Gasteiger partial charge in [-0.1, -0.05) is 6.92 Å². The van der Waals surface area contributed by atoms with Crippen molar-refractivity contribution in [2.45, 2.75) is 44.6 Å². The topological polar surface area (TPSA) is 75.6 Å². The smallest absolute Gasteiger partial charge is 0.329 e. The number of hydrogen-bond acceptors (Lipinski definition) is 4. The highest BCUT2D eigenvalue weighted by Gasteiger charge is 2.42. The van der Waals surface area contributed by atoms with E-state index in [2.05, 4.69) is 12.2 Å². The Labute approximate surface area is 133 Å². The summed E-state index contributed by atoms with van der Waals surface area (Å²) in [5, 5.41) is 14.2. The molecule has 1 amide bonds. The molecule has 3 rings (SSSR count). The molecule has 0 bridgehead atoms. The maximum Gasteiger partial charge on any atom is 0.329 e. The minimum absolute atomic E-state index is 0.253. The Morgan fingerprint density at radius 3 is 2.82 bits per heavy atom. The van der Waals surface area contributed by atoms with Gasteiger partial charge in [0.1, 0.15) is 5.54 Å². The van der Waals surface area contributed by atoms with Crippen molar-refractivity contribution in [3.8, 4) is 0 Å². The van der Waals surface area contributed by atoms with E-state index in [0.717, 1.165) is 24.8 Å². The number of rotatable bonds is 3. The number of nitrogens with one attached hydrogen (secondary N) is 1. The van der Waals surface area contributed by atoms with E-state index in [-0.39, 0.29) is 5.91 Å². The molecule has 2 heterocycles. The average molecular weight is 323 g/mol. The first kappa shape index (κ1) is 15.5. The molecular formula is C16H21NO4S. The van der Waals surface area contributed by atoms with Gasteiger partial charge >= 0.3 is 5.97 Å². The minimum atomic E-state index is -1.19. The number of aliphatic carboxylic acids is 1. The number of carboxylic acids is 1. The van der Waals surface area contributed by atoms with Gasteiger partial charge in [-0.15, -0.1) is 11.3 Å². The van der Waals surface area contributed by atoms with Gasteiger partial charge in [0.25, 0.3) is 5.91 Å². The number of hydrogen-bond donors (Lipinski definition) is 2. The van der Waals surface area contributed by atoms with Crippen LogP contribution in [0.1, 0.15) is 47.0 Å². The van der Waals surface area contributed by atoms with Crippen LogP contribution < -0.4 is 5.32 Å². The van der Waals surface area contributed by atoms with E-state index in [1.807, 2.05) is 5.38 Å². The number of carbonyl (C=O) groups is 2. The van der Waals surface area contributed by atoms with E-state index < -0.39 is 11.5 Å². The van der Waals surface area contributed by atoms with Gasteiger partial charge in [0.2, 0.25) is 0 Å². The first-order valence-corrected chi connectivity index (χ1v) is 8.63. The van der Waals surface area contributed by atoms with E-state index in [1.54, 1.807) is 11.3 Å². The third-order valence-electron chi connectivity index (χ3n) is 4.75. The van der Waals surface area contributed by atoms with Crippen molar-refractivity contribution in [1.29, 1.82) is 0 Å². The lowest BCUT2D eigenvalue weighted by atomic mass is 9.87. The summed E-state index contributed by atoms with van der Waals surface area (Å²) >= 11 is 1.62. The Balaban J connectivity index is 1.81. The molecule has 2 N–H and O–H groups in total. The summed E-state index contributed by atoms with van der Waals surface area (Å²) in [4.78, 5) is 25.6. The first-order chi connectivity index (χ1) is 10.5. The molecule has 1 saturated heterocycles. The van der Waals surface area contributed by atoms with E-state index >= 15 is 0 Å². The molecule has 5 nitrogen and oxygen atoms in total. The normalized spacial score (nSPS) is 23.6. The SMILES string of the molecule is CC1CCc2c(C(=O)NC3(C(=O)O)CCOCC3)csc2C1. The van der Waals surface area contributed by atoms with Crippen LogP contribution in [-0.4, -0.2) is 35.7 Å². The minimum Gasteiger partial charge on any atom is -0.480 e. The highest BCUT2D eigenvalue weighted by atomic mass is 32.1. The van der Waals surface area contributed by atoms with E-state index in [4.69, 9.17) is 4.74 Å². The number of fused-ring (bicyclic) bond motifs is 1. The second-order valence-electron chi connectivity index (χ2n) is 6.35. The number of ether oxygens (including phenoxy) is 1. The van der Waals surface area contributed by atoms with E-state index in [0.29, 0.717) is 37.5 Å². The molecule has 1 aliphatic heterocycles. The van der Waals surface area contributed by atoms with Gasteiger partial charge in [0, 0.05) is 36.3 Å². The van der Waals surface area contributed by atoms with Gasteiger partial charge in [-0.3, -0.25) is 4.79 Å². The zero-order valence-corrected chi connectivity index (χ0v) is 13.5. The summed E-state index contributed by atoms with van der Waals surface area (Å²) < 4.78 is 5.24. The molecule has 0 aromatic carbocycles. The molecule has 1 aromatic heterocycles. The zero-order valence-electron chi connectivity index (χ0n) is 12.7. The second kappa shape index (κ2) is 6.01. The molecule has 1 aliphatic carbocycles. The fourth-order valence-corrected chi connectivity index (χ4v) is 4.51. The Morgan fingerprint density at radius 2 is 2.14 bits per heavy atom. The van der Waals surface area contributed by atoms with Gasteiger partial charge in [0.05, 0.1) is 5.56 Å². The van der Waals surface area contributed by atoms with Crippen LogP contribution >= 0.6 is 11.3 Å². The van der Waals surface area contributed by atoms with Gasteiger partial charge in [-0.05, 0) is 30.7 Å². The quantitative estimate of drug-likeness (QED) is 0.894. The number of carbonyl (C=O) groups excluding carboxylic acids is 1. The van der Waals surface area contributed by atoms with Crippen LogP contribution in [0.3, 0.4) is 0 Å². The molecular weight excluding hydrogens is 302 g/mol. The first-order valence-electron chi connectivity index (χ1n) is 7.75. The average Bonchev–Trinajstić information content (AvgIpc) is 2.91. The van der Waals surface area contributed by atoms with Crippen molar-refractivity contribution < 1.29 is 19.4 Å². The molecule has 6 heteroatoms. The van der Waals surface area contributed by atoms with Crippen molar-refractivity contribution in [3.05, 3.63) is 21.4 Å². The predicted octanol–water partition coefficient (Wildman–Crippen LogP) is 2.24. The van der Waals surface area contributed by atoms with Gasteiger partial charge < -0.3 is 15.2 Å². The largest absolute Gasteiger partial charge is 0.480 e. The van der Waals surface area contributed by atoms with Gasteiger partial charge in [-0.25, -0.2) is 4.79 Å².